The molecule has 0 bridgehead atoms. The first-order chi connectivity index (χ1) is 9.33. The number of fused-ring (bicyclic) bond motifs is 1. The molecule has 20 heavy (non-hydrogen) atoms. The lowest BCUT2D eigenvalue weighted by atomic mass is 10.0. The van der Waals surface area contributed by atoms with Crippen LogP contribution in [0.2, 0.25) is 0 Å². The van der Waals surface area contributed by atoms with Gasteiger partial charge in [-0.25, -0.2) is 4.68 Å². The van der Waals surface area contributed by atoms with Crippen molar-refractivity contribution in [2.75, 3.05) is 6.54 Å². The van der Waals surface area contributed by atoms with Crippen molar-refractivity contribution in [3.8, 4) is 5.69 Å². The number of para-hydroxylation sites is 1. The first-order valence-corrected chi connectivity index (χ1v) is 7.22. The van der Waals surface area contributed by atoms with E-state index in [4.69, 9.17) is 5.10 Å². The van der Waals surface area contributed by atoms with E-state index < -0.39 is 0 Å². The van der Waals surface area contributed by atoms with Crippen LogP contribution in [0, 0.1) is 0 Å². The Kier molecular flexibility index (Phi) is 4.84. The lowest BCUT2D eigenvalue weighted by molar-refractivity contribution is 0.635. The Morgan fingerprint density at radius 2 is 1.90 bits per heavy atom. The van der Waals surface area contributed by atoms with Gasteiger partial charge in [-0.1, -0.05) is 32.0 Å². The van der Waals surface area contributed by atoms with Crippen molar-refractivity contribution in [1.29, 1.82) is 0 Å². The lowest BCUT2D eigenvalue weighted by Crippen LogP contribution is -2.22. The van der Waals surface area contributed by atoms with E-state index in [0.717, 1.165) is 32.4 Å². The number of benzene rings is 1. The number of hydrogen-bond acceptors (Lipinski definition) is 2. The standard InChI is InChI=1S/C16H21N3.ClH/c1-3-12-6-5-7-13(4-2)16(12)19-11-14-10-17-9-8-15(14)18-19;/h5-7,11,17H,3-4,8-10H2,1-2H3;1H. The highest BCUT2D eigenvalue weighted by atomic mass is 35.5. The fraction of sp³-hybridized carbons (Fsp3) is 0.438. The summed E-state index contributed by atoms with van der Waals surface area (Å²) in [6.45, 7) is 6.41. The van der Waals surface area contributed by atoms with Gasteiger partial charge in [-0.15, -0.1) is 12.4 Å². The van der Waals surface area contributed by atoms with Gasteiger partial charge in [0.15, 0.2) is 0 Å². The molecule has 1 aromatic carbocycles. The molecule has 1 aliphatic rings. The van der Waals surface area contributed by atoms with Crippen LogP contribution in [-0.4, -0.2) is 16.3 Å². The summed E-state index contributed by atoms with van der Waals surface area (Å²) in [5.74, 6) is 0. The highest BCUT2D eigenvalue weighted by Crippen LogP contribution is 2.23. The molecule has 0 radical (unpaired) electrons. The van der Waals surface area contributed by atoms with Gasteiger partial charge in [-0.2, -0.15) is 5.10 Å². The number of nitrogens with zero attached hydrogens (tertiary/aromatic N) is 2. The van der Waals surface area contributed by atoms with Crippen molar-refractivity contribution < 1.29 is 0 Å². The van der Waals surface area contributed by atoms with Crippen LogP contribution < -0.4 is 5.32 Å². The van der Waals surface area contributed by atoms with E-state index in [1.807, 2.05) is 0 Å². The number of hydrogen-bond donors (Lipinski definition) is 1. The van der Waals surface area contributed by atoms with E-state index in [9.17, 15) is 0 Å². The van der Waals surface area contributed by atoms with Crippen LogP contribution in [0.3, 0.4) is 0 Å². The second kappa shape index (κ2) is 6.42. The van der Waals surface area contributed by atoms with Crippen LogP contribution in [0.5, 0.6) is 0 Å². The summed E-state index contributed by atoms with van der Waals surface area (Å²) in [5, 5.41) is 8.22. The molecule has 0 saturated carbocycles. The first-order valence-electron chi connectivity index (χ1n) is 7.22. The zero-order valence-corrected chi connectivity index (χ0v) is 13.0. The van der Waals surface area contributed by atoms with Crippen molar-refractivity contribution in [3.63, 3.8) is 0 Å². The van der Waals surface area contributed by atoms with Gasteiger partial charge in [0.1, 0.15) is 0 Å². The fourth-order valence-electron chi connectivity index (χ4n) is 2.86. The molecule has 3 rings (SSSR count). The van der Waals surface area contributed by atoms with Gasteiger partial charge in [-0.3, -0.25) is 0 Å². The van der Waals surface area contributed by atoms with Gasteiger partial charge in [0, 0.05) is 31.3 Å². The van der Waals surface area contributed by atoms with Crippen molar-refractivity contribution in [3.05, 3.63) is 46.8 Å². The molecule has 0 fully saturated rings. The summed E-state index contributed by atoms with van der Waals surface area (Å²) in [7, 11) is 0. The minimum atomic E-state index is 0. The predicted molar refractivity (Wildman–Crippen MR) is 85.0 cm³/mol. The van der Waals surface area contributed by atoms with Gasteiger partial charge < -0.3 is 5.32 Å². The van der Waals surface area contributed by atoms with Gasteiger partial charge in [0.05, 0.1) is 11.4 Å². The van der Waals surface area contributed by atoms with Crippen molar-refractivity contribution in [2.24, 2.45) is 0 Å². The van der Waals surface area contributed by atoms with Crippen LogP contribution in [0.15, 0.2) is 24.4 Å². The topological polar surface area (TPSA) is 29.9 Å². The highest BCUT2D eigenvalue weighted by Gasteiger charge is 2.16. The maximum Gasteiger partial charge on any atom is 0.0709 e. The van der Waals surface area contributed by atoms with Gasteiger partial charge in [0.2, 0.25) is 0 Å². The lowest BCUT2D eigenvalue weighted by Gasteiger charge is -2.12. The molecule has 4 heteroatoms. The third-order valence-electron chi connectivity index (χ3n) is 3.93. The largest absolute Gasteiger partial charge is 0.312 e. The Hall–Kier alpha value is -1.32. The number of aryl methyl sites for hydroxylation is 2. The van der Waals surface area contributed by atoms with E-state index in [1.54, 1.807) is 0 Å². The monoisotopic (exact) mass is 291 g/mol. The third-order valence-corrected chi connectivity index (χ3v) is 3.93. The summed E-state index contributed by atoms with van der Waals surface area (Å²) >= 11 is 0. The quantitative estimate of drug-likeness (QED) is 0.942. The van der Waals surface area contributed by atoms with Crippen LogP contribution in [0.1, 0.15) is 36.2 Å². The van der Waals surface area contributed by atoms with Gasteiger partial charge >= 0.3 is 0 Å². The molecule has 2 aromatic rings. The molecule has 2 heterocycles. The normalized spacial score (nSPS) is 13.7. The molecule has 0 saturated heterocycles. The SMILES string of the molecule is CCc1cccc(CC)c1-n1cc2c(n1)CCNC2.Cl. The minimum Gasteiger partial charge on any atom is -0.312 e. The second-order valence-electron chi connectivity index (χ2n) is 5.10. The van der Waals surface area contributed by atoms with Gasteiger partial charge in [-0.05, 0) is 24.0 Å². The maximum atomic E-state index is 4.81. The number of nitrogens with one attached hydrogen (secondary N) is 1. The Morgan fingerprint density at radius 3 is 2.50 bits per heavy atom. The summed E-state index contributed by atoms with van der Waals surface area (Å²) in [6.07, 6.45) is 5.34. The molecule has 1 N–H and O–H groups in total. The molecule has 1 aliphatic heterocycles. The van der Waals surface area contributed by atoms with E-state index in [-0.39, 0.29) is 12.4 Å². The Labute approximate surface area is 126 Å². The molecule has 0 amide bonds. The molecule has 0 spiro atoms. The fourth-order valence-corrected chi connectivity index (χ4v) is 2.86. The zero-order chi connectivity index (χ0) is 13.2. The number of rotatable bonds is 3. The summed E-state index contributed by atoms with van der Waals surface area (Å²) < 4.78 is 2.11. The van der Waals surface area contributed by atoms with Crippen molar-refractivity contribution in [2.45, 2.75) is 39.7 Å². The van der Waals surface area contributed by atoms with Crippen LogP contribution in [-0.2, 0) is 25.8 Å². The molecule has 108 valence electrons. The van der Waals surface area contributed by atoms with E-state index in [2.05, 4.69) is 48.2 Å². The van der Waals surface area contributed by atoms with Crippen molar-refractivity contribution >= 4 is 12.4 Å². The molecular weight excluding hydrogens is 270 g/mol. The third kappa shape index (κ3) is 2.60. The Balaban J connectivity index is 0.00000147. The average Bonchev–Trinajstić information content (AvgIpc) is 2.89. The van der Waals surface area contributed by atoms with Crippen molar-refractivity contribution in [1.82, 2.24) is 15.1 Å². The maximum absolute atomic E-state index is 4.81. The van der Waals surface area contributed by atoms with E-state index in [1.165, 1.54) is 28.1 Å². The summed E-state index contributed by atoms with van der Waals surface area (Å²) in [5.41, 5.74) is 6.66. The number of halogens is 1. The molecule has 3 nitrogen and oxygen atoms in total. The molecule has 1 aromatic heterocycles. The first kappa shape index (κ1) is 15.1. The second-order valence-corrected chi connectivity index (χ2v) is 5.10. The summed E-state index contributed by atoms with van der Waals surface area (Å²) in [6, 6.07) is 6.59. The van der Waals surface area contributed by atoms with E-state index >= 15 is 0 Å². The summed E-state index contributed by atoms with van der Waals surface area (Å²) in [4.78, 5) is 0. The van der Waals surface area contributed by atoms with Crippen LogP contribution in [0.4, 0.5) is 0 Å². The highest BCUT2D eigenvalue weighted by molar-refractivity contribution is 5.85. The Morgan fingerprint density at radius 1 is 1.20 bits per heavy atom. The predicted octanol–water partition coefficient (Wildman–Crippen LogP) is 3.06. The molecule has 0 atom stereocenters. The average molecular weight is 292 g/mol. The van der Waals surface area contributed by atoms with Crippen LogP contribution in [0.25, 0.3) is 5.69 Å². The minimum absolute atomic E-state index is 0. The van der Waals surface area contributed by atoms with Crippen LogP contribution >= 0.6 is 12.4 Å². The van der Waals surface area contributed by atoms with E-state index in [0.29, 0.717) is 0 Å². The molecular formula is C16H22ClN3. The number of aromatic nitrogens is 2. The molecule has 0 aliphatic carbocycles. The van der Waals surface area contributed by atoms with Gasteiger partial charge in [0.25, 0.3) is 0 Å². The Bertz CT molecular complexity index is 544. The zero-order valence-electron chi connectivity index (χ0n) is 12.1. The smallest absolute Gasteiger partial charge is 0.0709 e. The molecule has 0 unspecified atom stereocenters.